The quantitative estimate of drug-likeness (QED) is 0.806. The van der Waals surface area contributed by atoms with E-state index < -0.39 is 10.0 Å². The first-order valence-electron chi connectivity index (χ1n) is 6.05. The van der Waals surface area contributed by atoms with Crippen LogP contribution in [0, 0.1) is 5.41 Å². The van der Waals surface area contributed by atoms with Gasteiger partial charge in [0.2, 0.25) is 10.0 Å². The van der Waals surface area contributed by atoms with Crippen LogP contribution in [0.3, 0.4) is 0 Å². The van der Waals surface area contributed by atoms with E-state index in [-0.39, 0.29) is 10.3 Å². The van der Waals surface area contributed by atoms with Crippen molar-refractivity contribution in [3.63, 3.8) is 0 Å². The van der Waals surface area contributed by atoms with Crippen LogP contribution in [0.15, 0.2) is 17.3 Å². The topological polar surface area (TPSA) is 84.1 Å². The van der Waals surface area contributed by atoms with Gasteiger partial charge in [-0.15, -0.1) is 0 Å². The fourth-order valence-corrected chi connectivity index (χ4v) is 3.58. The molecule has 2 N–H and O–H groups in total. The molecule has 1 fully saturated rings. The number of methoxy groups -OCH3 is 1. The maximum absolute atomic E-state index is 12.0. The fraction of sp³-hybridized carbons (Fsp3) is 0.727. The molecule has 1 heterocycles. The fourth-order valence-electron chi connectivity index (χ4n) is 2.52. The van der Waals surface area contributed by atoms with Crippen LogP contribution in [0.4, 0.5) is 0 Å². The summed E-state index contributed by atoms with van der Waals surface area (Å²) in [5.41, 5.74) is -0.0500. The summed E-state index contributed by atoms with van der Waals surface area (Å²) in [4.78, 5) is 0.174. The number of ether oxygens (including phenoxy) is 1. The van der Waals surface area contributed by atoms with Crippen LogP contribution in [0.25, 0.3) is 0 Å². The lowest BCUT2D eigenvalue weighted by Crippen LogP contribution is -2.38. The normalized spacial score (nSPS) is 19.2. The lowest BCUT2D eigenvalue weighted by atomic mass is 9.87. The van der Waals surface area contributed by atoms with Crippen molar-refractivity contribution in [3.05, 3.63) is 12.4 Å². The highest BCUT2D eigenvalue weighted by molar-refractivity contribution is 7.89. The van der Waals surface area contributed by atoms with Gasteiger partial charge in [-0.05, 0) is 12.8 Å². The van der Waals surface area contributed by atoms with Gasteiger partial charge in [0.15, 0.2) is 0 Å². The Hall–Kier alpha value is -0.920. The van der Waals surface area contributed by atoms with Crippen LogP contribution in [0.1, 0.15) is 25.7 Å². The van der Waals surface area contributed by atoms with E-state index in [1.165, 1.54) is 12.4 Å². The molecule has 1 aromatic rings. The molecule has 1 aliphatic carbocycles. The number of hydrogen-bond acceptors (Lipinski definition) is 4. The zero-order valence-electron chi connectivity index (χ0n) is 10.5. The summed E-state index contributed by atoms with van der Waals surface area (Å²) in [6.07, 6.45) is 6.97. The number of nitrogens with zero attached hydrogens (tertiary/aromatic N) is 1. The van der Waals surface area contributed by atoms with Crippen LogP contribution < -0.4 is 4.72 Å². The minimum atomic E-state index is -3.46. The van der Waals surface area contributed by atoms with Crippen molar-refractivity contribution in [1.82, 2.24) is 14.9 Å². The number of nitrogens with one attached hydrogen (secondary N) is 2. The Morgan fingerprint density at radius 1 is 1.50 bits per heavy atom. The van der Waals surface area contributed by atoms with Crippen LogP contribution in [-0.2, 0) is 14.8 Å². The molecule has 1 saturated carbocycles. The number of sulfonamides is 1. The second-order valence-electron chi connectivity index (χ2n) is 4.90. The molecule has 0 saturated heterocycles. The van der Waals surface area contributed by atoms with Gasteiger partial charge in [-0.2, -0.15) is 5.10 Å². The van der Waals surface area contributed by atoms with Gasteiger partial charge in [0.1, 0.15) is 4.90 Å². The molecule has 0 bridgehead atoms. The van der Waals surface area contributed by atoms with Crippen molar-refractivity contribution in [1.29, 1.82) is 0 Å². The molecule has 0 radical (unpaired) electrons. The summed E-state index contributed by atoms with van der Waals surface area (Å²) in [6.45, 7) is 1.02. The molecule has 1 aliphatic rings. The molecule has 0 unspecified atom stereocenters. The molecule has 0 spiro atoms. The van der Waals surface area contributed by atoms with E-state index in [0.29, 0.717) is 13.2 Å². The molecule has 102 valence electrons. The van der Waals surface area contributed by atoms with E-state index >= 15 is 0 Å². The third-order valence-corrected chi connectivity index (χ3v) is 4.90. The summed E-state index contributed by atoms with van der Waals surface area (Å²) in [6, 6.07) is 0. The lowest BCUT2D eigenvalue weighted by molar-refractivity contribution is 0.0867. The van der Waals surface area contributed by atoms with Gasteiger partial charge < -0.3 is 4.74 Å². The minimum Gasteiger partial charge on any atom is -0.384 e. The number of hydrogen-bond donors (Lipinski definition) is 2. The first kappa shape index (κ1) is 13.5. The first-order chi connectivity index (χ1) is 8.58. The highest BCUT2D eigenvalue weighted by Crippen LogP contribution is 2.37. The lowest BCUT2D eigenvalue weighted by Gasteiger charge is -2.28. The number of aromatic amines is 1. The maximum Gasteiger partial charge on any atom is 0.243 e. The molecule has 1 aromatic heterocycles. The van der Waals surface area contributed by atoms with Crippen LogP contribution in [-0.4, -0.2) is 38.9 Å². The van der Waals surface area contributed by atoms with Crippen molar-refractivity contribution in [2.75, 3.05) is 20.3 Å². The van der Waals surface area contributed by atoms with Gasteiger partial charge in [0, 0.05) is 25.3 Å². The summed E-state index contributed by atoms with van der Waals surface area (Å²) in [5.74, 6) is 0. The maximum atomic E-state index is 12.0. The van der Waals surface area contributed by atoms with Crippen LogP contribution in [0.5, 0.6) is 0 Å². The molecule has 2 rings (SSSR count). The van der Waals surface area contributed by atoms with Crippen molar-refractivity contribution in [2.45, 2.75) is 30.6 Å². The SMILES string of the molecule is COCC1(CNS(=O)(=O)c2cn[nH]c2)CCCC1. The molecule has 18 heavy (non-hydrogen) atoms. The van der Waals surface area contributed by atoms with E-state index in [9.17, 15) is 8.42 Å². The van der Waals surface area contributed by atoms with E-state index in [4.69, 9.17) is 4.74 Å². The summed E-state index contributed by atoms with van der Waals surface area (Å²) >= 11 is 0. The van der Waals surface area contributed by atoms with E-state index in [1.54, 1.807) is 7.11 Å². The van der Waals surface area contributed by atoms with Crippen molar-refractivity contribution < 1.29 is 13.2 Å². The standard InChI is InChI=1S/C11H19N3O3S/c1-17-9-11(4-2-3-5-11)8-14-18(15,16)10-6-12-13-7-10/h6-7,14H,2-5,8-9H2,1H3,(H,12,13). The van der Waals surface area contributed by atoms with Crippen molar-refractivity contribution in [2.24, 2.45) is 5.41 Å². The average Bonchev–Trinajstić information content (AvgIpc) is 2.99. The van der Waals surface area contributed by atoms with Gasteiger partial charge in [0.05, 0.1) is 12.8 Å². The van der Waals surface area contributed by atoms with Crippen LogP contribution in [0.2, 0.25) is 0 Å². The Balaban J connectivity index is 2.02. The third kappa shape index (κ3) is 2.90. The van der Waals surface area contributed by atoms with E-state index in [2.05, 4.69) is 14.9 Å². The van der Waals surface area contributed by atoms with Crippen LogP contribution >= 0.6 is 0 Å². The highest BCUT2D eigenvalue weighted by atomic mass is 32.2. The zero-order chi connectivity index (χ0) is 13.1. The van der Waals surface area contributed by atoms with E-state index in [0.717, 1.165) is 25.7 Å². The monoisotopic (exact) mass is 273 g/mol. The third-order valence-electron chi connectivity index (χ3n) is 3.54. The molecular formula is C11H19N3O3S. The number of H-pyrrole nitrogens is 1. The predicted molar refractivity (Wildman–Crippen MR) is 66.6 cm³/mol. The largest absolute Gasteiger partial charge is 0.384 e. The smallest absolute Gasteiger partial charge is 0.243 e. The Labute approximate surface area is 107 Å². The number of rotatable bonds is 6. The van der Waals surface area contributed by atoms with Gasteiger partial charge >= 0.3 is 0 Å². The van der Waals surface area contributed by atoms with E-state index in [1.807, 2.05) is 0 Å². The Morgan fingerprint density at radius 3 is 2.78 bits per heavy atom. The minimum absolute atomic E-state index is 0.0500. The second kappa shape index (κ2) is 5.38. The van der Waals surface area contributed by atoms with Gasteiger partial charge in [-0.25, -0.2) is 13.1 Å². The van der Waals surface area contributed by atoms with Gasteiger partial charge in [-0.3, -0.25) is 5.10 Å². The first-order valence-corrected chi connectivity index (χ1v) is 7.54. The molecule has 7 heteroatoms. The summed E-state index contributed by atoms with van der Waals surface area (Å²) in [7, 11) is -1.80. The molecule has 0 aromatic carbocycles. The second-order valence-corrected chi connectivity index (χ2v) is 6.67. The molecule has 0 atom stereocenters. The molecule has 0 aliphatic heterocycles. The Morgan fingerprint density at radius 2 is 2.22 bits per heavy atom. The zero-order valence-corrected chi connectivity index (χ0v) is 11.3. The molecule has 6 nitrogen and oxygen atoms in total. The van der Waals surface area contributed by atoms with Gasteiger partial charge in [0.25, 0.3) is 0 Å². The Kier molecular flexibility index (Phi) is 4.04. The number of aromatic nitrogens is 2. The van der Waals surface area contributed by atoms with Crippen molar-refractivity contribution >= 4 is 10.0 Å². The summed E-state index contributed by atoms with van der Waals surface area (Å²) in [5, 5.41) is 6.16. The average molecular weight is 273 g/mol. The predicted octanol–water partition coefficient (Wildman–Crippen LogP) is 0.895. The molecule has 0 amide bonds. The molecular weight excluding hydrogens is 254 g/mol. The van der Waals surface area contributed by atoms with Crippen molar-refractivity contribution in [3.8, 4) is 0 Å². The Bertz CT molecular complexity index is 464. The summed E-state index contributed by atoms with van der Waals surface area (Å²) < 4.78 is 31.9. The highest BCUT2D eigenvalue weighted by Gasteiger charge is 2.35. The van der Waals surface area contributed by atoms with Gasteiger partial charge in [-0.1, -0.05) is 12.8 Å².